The highest BCUT2D eigenvalue weighted by molar-refractivity contribution is 7.89. The number of hydrogen-bond donors (Lipinski definition) is 1. The van der Waals surface area contributed by atoms with E-state index in [0.717, 1.165) is 6.07 Å². The highest BCUT2D eigenvalue weighted by atomic mass is 32.2. The molecule has 1 aromatic carbocycles. The molecule has 20 heavy (non-hydrogen) atoms. The van der Waals surface area contributed by atoms with Crippen molar-refractivity contribution in [3.8, 4) is 6.07 Å². The van der Waals surface area contributed by atoms with Crippen molar-refractivity contribution in [2.24, 2.45) is 0 Å². The second kappa shape index (κ2) is 5.87. The Morgan fingerprint density at radius 3 is 2.80 bits per heavy atom. The van der Waals surface area contributed by atoms with Crippen molar-refractivity contribution in [2.45, 2.75) is 36.8 Å². The first kappa shape index (κ1) is 14.9. The number of hydrogen-bond acceptors (Lipinski definition) is 4. The first-order valence-electron chi connectivity index (χ1n) is 6.30. The molecule has 0 radical (unpaired) electrons. The van der Waals surface area contributed by atoms with E-state index in [2.05, 4.69) is 4.72 Å². The Balaban J connectivity index is 2.13. The van der Waals surface area contributed by atoms with Crippen LogP contribution in [0.15, 0.2) is 23.1 Å². The molecule has 0 aromatic heterocycles. The SMILES string of the molecule is CCOC1CC(NS(=O)(=O)c2cccc(F)c2C#N)C1. The summed E-state index contributed by atoms with van der Waals surface area (Å²) in [7, 11) is -3.89. The minimum atomic E-state index is -3.89. The van der Waals surface area contributed by atoms with Gasteiger partial charge in [0.1, 0.15) is 22.3 Å². The van der Waals surface area contributed by atoms with Gasteiger partial charge in [-0.1, -0.05) is 6.07 Å². The van der Waals surface area contributed by atoms with Gasteiger partial charge in [-0.2, -0.15) is 5.26 Å². The molecule has 1 N–H and O–H groups in total. The number of ether oxygens (including phenoxy) is 1. The molecule has 7 heteroatoms. The summed E-state index contributed by atoms with van der Waals surface area (Å²) in [6, 6.07) is 4.92. The van der Waals surface area contributed by atoms with Crippen LogP contribution in [0.3, 0.4) is 0 Å². The van der Waals surface area contributed by atoms with E-state index in [1.807, 2.05) is 6.92 Å². The number of nitrogens with zero attached hydrogens (tertiary/aromatic N) is 1. The van der Waals surface area contributed by atoms with E-state index in [1.54, 1.807) is 6.07 Å². The summed E-state index contributed by atoms with van der Waals surface area (Å²) in [5.74, 6) is -0.837. The molecular formula is C13H15FN2O3S. The van der Waals surface area contributed by atoms with E-state index in [0.29, 0.717) is 19.4 Å². The van der Waals surface area contributed by atoms with E-state index in [-0.39, 0.29) is 17.0 Å². The van der Waals surface area contributed by atoms with Gasteiger partial charge in [0.15, 0.2) is 0 Å². The van der Waals surface area contributed by atoms with Crippen LogP contribution < -0.4 is 4.72 Å². The maximum absolute atomic E-state index is 13.4. The van der Waals surface area contributed by atoms with Crippen molar-refractivity contribution in [1.29, 1.82) is 5.26 Å². The predicted octanol–water partition coefficient (Wildman–Crippen LogP) is 1.54. The van der Waals surface area contributed by atoms with E-state index in [9.17, 15) is 12.8 Å². The zero-order valence-electron chi connectivity index (χ0n) is 11.0. The normalized spacial score (nSPS) is 22.1. The minimum absolute atomic E-state index is 0.0654. The first-order valence-corrected chi connectivity index (χ1v) is 7.78. The zero-order valence-corrected chi connectivity index (χ0v) is 11.8. The summed E-state index contributed by atoms with van der Waals surface area (Å²) in [6.45, 7) is 2.47. The molecule has 0 aliphatic heterocycles. The lowest BCUT2D eigenvalue weighted by Gasteiger charge is -2.35. The lowest BCUT2D eigenvalue weighted by Crippen LogP contribution is -2.47. The fraction of sp³-hybridized carbons (Fsp3) is 0.462. The molecule has 0 amide bonds. The largest absolute Gasteiger partial charge is 0.378 e. The van der Waals surface area contributed by atoms with Gasteiger partial charge in [0.2, 0.25) is 10.0 Å². The van der Waals surface area contributed by atoms with Crippen LogP contribution in [0.4, 0.5) is 4.39 Å². The Hall–Kier alpha value is -1.49. The van der Waals surface area contributed by atoms with Gasteiger partial charge in [-0.3, -0.25) is 0 Å². The number of sulfonamides is 1. The topological polar surface area (TPSA) is 79.2 Å². The van der Waals surface area contributed by atoms with E-state index in [1.165, 1.54) is 12.1 Å². The molecule has 0 atom stereocenters. The summed E-state index contributed by atoms with van der Waals surface area (Å²) in [4.78, 5) is -0.320. The third-order valence-corrected chi connectivity index (χ3v) is 4.76. The summed E-state index contributed by atoms with van der Waals surface area (Å²) < 4.78 is 45.6. The van der Waals surface area contributed by atoms with Crippen LogP contribution in [0, 0.1) is 17.1 Å². The Morgan fingerprint density at radius 2 is 2.20 bits per heavy atom. The smallest absolute Gasteiger partial charge is 0.242 e. The van der Waals surface area contributed by atoms with Gasteiger partial charge in [0.05, 0.1) is 6.10 Å². The van der Waals surface area contributed by atoms with Gasteiger partial charge in [0, 0.05) is 12.6 Å². The van der Waals surface area contributed by atoms with Crippen molar-refractivity contribution < 1.29 is 17.5 Å². The summed E-state index contributed by atoms with van der Waals surface area (Å²) >= 11 is 0. The molecule has 1 aliphatic rings. The van der Waals surface area contributed by atoms with Gasteiger partial charge >= 0.3 is 0 Å². The molecule has 1 aliphatic carbocycles. The van der Waals surface area contributed by atoms with Crippen molar-refractivity contribution in [1.82, 2.24) is 4.72 Å². The average molecular weight is 298 g/mol. The summed E-state index contributed by atoms with van der Waals surface area (Å²) in [6.07, 6.45) is 1.24. The molecule has 108 valence electrons. The Kier molecular flexibility index (Phi) is 4.38. The average Bonchev–Trinajstić information content (AvgIpc) is 2.36. The Morgan fingerprint density at radius 1 is 1.50 bits per heavy atom. The molecule has 0 unspecified atom stereocenters. The van der Waals surface area contributed by atoms with Crippen molar-refractivity contribution in [3.05, 3.63) is 29.6 Å². The van der Waals surface area contributed by atoms with Gasteiger partial charge in [-0.05, 0) is 31.9 Å². The number of nitrogens with one attached hydrogen (secondary N) is 1. The summed E-state index contributed by atoms with van der Waals surface area (Å²) in [5, 5.41) is 8.88. The van der Waals surface area contributed by atoms with Crippen LogP contribution in [-0.2, 0) is 14.8 Å². The van der Waals surface area contributed by atoms with Crippen LogP contribution in [0.5, 0.6) is 0 Å². The Labute approximate surface area is 117 Å². The first-order chi connectivity index (χ1) is 9.47. The van der Waals surface area contributed by atoms with E-state index in [4.69, 9.17) is 10.00 Å². The quantitative estimate of drug-likeness (QED) is 0.894. The van der Waals surface area contributed by atoms with Gasteiger partial charge in [-0.15, -0.1) is 0 Å². The number of halogens is 1. The van der Waals surface area contributed by atoms with Crippen molar-refractivity contribution in [2.75, 3.05) is 6.61 Å². The summed E-state index contributed by atoms with van der Waals surface area (Å²) in [5.41, 5.74) is -0.458. The van der Waals surface area contributed by atoms with Crippen molar-refractivity contribution in [3.63, 3.8) is 0 Å². The predicted molar refractivity (Wildman–Crippen MR) is 69.9 cm³/mol. The van der Waals surface area contributed by atoms with Crippen LogP contribution in [0.1, 0.15) is 25.3 Å². The van der Waals surface area contributed by atoms with E-state index < -0.39 is 21.4 Å². The van der Waals surface area contributed by atoms with Gasteiger partial charge < -0.3 is 4.74 Å². The van der Waals surface area contributed by atoms with Crippen LogP contribution in [-0.4, -0.2) is 27.2 Å². The molecule has 1 aromatic rings. The Bertz CT molecular complexity index is 634. The van der Waals surface area contributed by atoms with Crippen LogP contribution in [0.2, 0.25) is 0 Å². The molecule has 5 nitrogen and oxygen atoms in total. The molecule has 0 saturated heterocycles. The van der Waals surface area contributed by atoms with Gasteiger partial charge in [0.25, 0.3) is 0 Å². The lowest BCUT2D eigenvalue weighted by atomic mass is 9.90. The van der Waals surface area contributed by atoms with Crippen LogP contribution in [0.25, 0.3) is 0 Å². The number of rotatable bonds is 5. The number of benzene rings is 1. The molecule has 0 spiro atoms. The zero-order chi connectivity index (χ0) is 14.8. The standard InChI is InChI=1S/C13H15FN2O3S/c1-2-19-10-6-9(7-10)16-20(17,18)13-5-3-4-12(14)11(13)8-15/h3-5,9-10,16H,2,6-7H2,1H3. The maximum atomic E-state index is 13.4. The van der Waals surface area contributed by atoms with E-state index >= 15 is 0 Å². The molecule has 1 saturated carbocycles. The highest BCUT2D eigenvalue weighted by Crippen LogP contribution is 2.26. The second-order valence-corrected chi connectivity index (χ2v) is 6.27. The highest BCUT2D eigenvalue weighted by Gasteiger charge is 2.34. The molecule has 0 heterocycles. The lowest BCUT2D eigenvalue weighted by molar-refractivity contribution is -0.00476. The third kappa shape index (κ3) is 2.98. The van der Waals surface area contributed by atoms with Gasteiger partial charge in [-0.25, -0.2) is 17.5 Å². The fourth-order valence-electron chi connectivity index (χ4n) is 2.15. The minimum Gasteiger partial charge on any atom is -0.378 e. The van der Waals surface area contributed by atoms with Crippen LogP contribution >= 0.6 is 0 Å². The maximum Gasteiger partial charge on any atom is 0.242 e. The third-order valence-electron chi connectivity index (χ3n) is 3.20. The number of nitriles is 1. The second-order valence-electron chi connectivity index (χ2n) is 4.59. The fourth-order valence-corrected chi connectivity index (χ4v) is 3.58. The van der Waals surface area contributed by atoms with Crippen molar-refractivity contribution >= 4 is 10.0 Å². The molecule has 1 fully saturated rings. The monoisotopic (exact) mass is 298 g/mol. The molecule has 2 rings (SSSR count). The molecular weight excluding hydrogens is 283 g/mol. The molecule has 0 bridgehead atoms.